The van der Waals surface area contributed by atoms with Crippen LogP contribution < -0.4 is 5.73 Å². The topological polar surface area (TPSA) is 46.2 Å². The van der Waals surface area contributed by atoms with Crippen LogP contribution in [0.3, 0.4) is 0 Å². The number of hydrogen-bond donors (Lipinski definition) is 2. The Morgan fingerprint density at radius 3 is 2.00 bits per heavy atom. The van der Waals surface area contributed by atoms with Gasteiger partial charge < -0.3 is 10.8 Å². The Hall–Kier alpha value is -0.570. The largest absolute Gasteiger partial charge is 0.372 e. The van der Waals surface area contributed by atoms with Gasteiger partial charge in [-0.25, -0.2) is 0 Å². The second kappa shape index (κ2) is 3.72. The zero-order chi connectivity index (χ0) is 7.61. The van der Waals surface area contributed by atoms with Crippen molar-refractivity contribution in [3.8, 4) is 0 Å². The summed E-state index contributed by atoms with van der Waals surface area (Å²) in [6.45, 7) is 1.56. The molecule has 0 aliphatic carbocycles. The molecule has 11 heavy (non-hydrogen) atoms. The number of aliphatic hydroxyl groups is 1. The monoisotopic (exact) mass is 173 g/mol. The van der Waals surface area contributed by atoms with Crippen molar-refractivity contribution >= 4 is 12.4 Å². The van der Waals surface area contributed by atoms with Gasteiger partial charge in [0.2, 0.25) is 0 Å². The zero-order valence-electron chi connectivity index (χ0n) is 6.32. The van der Waals surface area contributed by atoms with Crippen molar-refractivity contribution in [3.05, 3.63) is 35.9 Å². The molecule has 2 nitrogen and oxygen atoms in total. The predicted molar refractivity (Wildman–Crippen MR) is 47.4 cm³/mol. The van der Waals surface area contributed by atoms with Crippen molar-refractivity contribution in [1.29, 1.82) is 0 Å². The summed E-state index contributed by atoms with van der Waals surface area (Å²) in [5.41, 5.74) is 4.94. The summed E-state index contributed by atoms with van der Waals surface area (Å²) in [6, 6.07) is 9.16. The lowest BCUT2D eigenvalue weighted by Gasteiger charge is -2.16. The van der Waals surface area contributed by atoms with Crippen LogP contribution in [0, 0.1) is 0 Å². The normalized spacial score (nSPS) is 14.8. The van der Waals surface area contributed by atoms with Crippen molar-refractivity contribution in [1.82, 2.24) is 0 Å². The Morgan fingerprint density at radius 2 is 1.73 bits per heavy atom. The minimum atomic E-state index is -1.21. The number of nitrogens with two attached hydrogens (primary N) is 1. The van der Waals surface area contributed by atoms with E-state index in [1.165, 1.54) is 0 Å². The third kappa shape index (κ3) is 2.89. The summed E-state index contributed by atoms with van der Waals surface area (Å²) in [4.78, 5) is 0. The minimum absolute atomic E-state index is 0. The van der Waals surface area contributed by atoms with Crippen molar-refractivity contribution in [3.63, 3.8) is 0 Å². The van der Waals surface area contributed by atoms with Gasteiger partial charge in [-0.1, -0.05) is 30.3 Å². The molecule has 0 aliphatic heterocycles. The molecule has 0 fully saturated rings. The van der Waals surface area contributed by atoms with Crippen LogP contribution in [0.4, 0.5) is 0 Å². The van der Waals surface area contributed by atoms with Crippen molar-refractivity contribution in [2.45, 2.75) is 12.6 Å². The fourth-order valence-corrected chi connectivity index (χ4v) is 0.776. The Kier molecular flexibility index (Phi) is 3.52. The Labute approximate surface area is 72.4 Å². The number of halogens is 1. The quantitative estimate of drug-likeness (QED) is 0.628. The minimum Gasteiger partial charge on any atom is -0.372 e. The molecule has 1 unspecified atom stereocenters. The van der Waals surface area contributed by atoms with E-state index in [1.807, 2.05) is 18.2 Å². The fourth-order valence-electron chi connectivity index (χ4n) is 0.776. The van der Waals surface area contributed by atoms with E-state index < -0.39 is 5.72 Å². The molecule has 1 aromatic carbocycles. The summed E-state index contributed by atoms with van der Waals surface area (Å²) >= 11 is 0. The lowest BCUT2D eigenvalue weighted by molar-refractivity contribution is 0.0647. The molecule has 0 aromatic heterocycles. The SMILES string of the molecule is CC(N)(O)c1ccccc1.Cl. The van der Waals surface area contributed by atoms with E-state index in [1.54, 1.807) is 19.1 Å². The summed E-state index contributed by atoms with van der Waals surface area (Å²) in [7, 11) is 0. The van der Waals surface area contributed by atoms with E-state index in [0.29, 0.717) is 0 Å². The second-order valence-electron chi connectivity index (χ2n) is 2.51. The molecule has 3 heteroatoms. The van der Waals surface area contributed by atoms with Gasteiger partial charge in [0.15, 0.2) is 0 Å². The van der Waals surface area contributed by atoms with Gasteiger partial charge in [0.1, 0.15) is 5.72 Å². The molecule has 1 atom stereocenters. The Bertz CT molecular complexity index is 205. The Balaban J connectivity index is 0.000001000. The van der Waals surface area contributed by atoms with E-state index in [2.05, 4.69) is 0 Å². The van der Waals surface area contributed by atoms with Crippen LogP contribution >= 0.6 is 12.4 Å². The maximum atomic E-state index is 9.27. The summed E-state index contributed by atoms with van der Waals surface area (Å²) in [6.07, 6.45) is 0. The first-order valence-electron chi connectivity index (χ1n) is 3.17. The molecule has 1 rings (SSSR count). The van der Waals surface area contributed by atoms with Crippen LogP contribution in [0.1, 0.15) is 12.5 Å². The molecule has 0 saturated carbocycles. The van der Waals surface area contributed by atoms with Gasteiger partial charge in [-0.2, -0.15) is 0 Å². The highest BCUT2D eigenvalue weighted by molar-refractivity contribution is 5.85. The van der Waals surface area contributed by atoms with Crippen LogP contribution in [0.25, 0.3) is 0 Å². The molecular formula is C8H12ClNO. The standard InChI is InChI=1S/C8H11NO.ClH/c1-8(9,10)7-5-3-2-4-6-7;/h2-6,10H,9H2,1H3;1H. The fraction of sp³-hybridized carbons (Fsp3) is 0.250. The highest BCUT2D eigenvalue weighted by Gasteiger charge is 2.14. The van der Waals surface area contributed by atoms with E-state index in [-0.39, 0.29) is 12.4 Å². The van der Waals surface area contributed by atoms with Gasteiger partial charge in [0, 0.05) is 0 Å². The molecule has 1 aromatic rings. The van der Waals surface area contributed by atoms with Gasteiger partial charge in [0.25, 0.3) is 0 Å². The summed E-state index contributed by atoms with van der Waals surface area (Å²) < 4.78 is 0. The highest BCUT2D eigenvalue weighted by Crippen LogP contribution is 2.12. The third-order valence-corrected chi connectivity index (χ3v) is 1.36. The molecule has 0 radical (unpaired) electrons. The molecule has 0 aliphatic rings. The average Bonchev–Trinajstić information content (AvgIpc) is 1.88. The van der Waals surface area contributed by atoms with Crippen LogP contribution in [0.2, 0.25) is 0 Å². The van der Waals surface area contributed by atoms with Gasteiger partial charge in [-0.15, -0.1) is 12.4 Å². The molecule has 0 amide bonds. The van der Waals surface area contributed by atoms with E-state index in [9.17, 15) is 5.11 Å². The first-order valence-corrected chi connectivity index (χ1v) is 3.17. The predicted octanol–water partition coefficient (Wildman–Crippen LogP) is 1.23. The van der Waals surface area contributed by atoms with Gasteiger partial charge in [-0.3, -0.25) is 0 Å². The molecule has 3 N–H and O–H groups in total. The van der Waals surface area contributed by atoms with E-state index in [4.69, 9.17) is 5.73 Å². The lowest BCUT2D eigenvalue weighted by atomic mass is 10.1. The summed E-state index contributed by atoms with van der Waals surface area (Å²) in [5.74, 6) is 0. The molecule has 0 saturated heterocycles. The van der Waals surface area contributed by atoms with Crippen LogP contribution in [0.5, 0.6) is 0 Å². The molecule has 0 heterocycles. The van der Waals surface area contributed by atoms with Crippen LogP contribution in [0.15, 0.2) is 30.3 Å². The molecular weight excluding hydrogens is 162 g/mol. The highest BCUT2D eigenvalue weighted by atomic mass is 35.5. The van der Waals surface area contributed by atoms with Crippen molar-refractivity contribution in [2.24, 2.45) is 5.73 Å². The molecule has 62 valence electrons. The van der Waals surface area contributed by atoms with Crippen molar-refractivity contribution < 1.29 is 5.11 Å². The van der Waals surface area contributed by atoms with E-state index >= 15 is 0 Å². The van der Waals surface area contributed by atoms with Crippen molar-refractivity contribution in [2.75, 3.05) is 0 Å². The number of rotatable bonds is 1. The number of hydrogen-bond acceptors (Lipinski definition) is 2. The summed E-state index contributed by atoms with van der Waals surface area (Å²) in [5, 5.41) is 9.27. The first-order chi connectivity index (χ1) is 4.61. The average molecular weight is 174 g/mol. The molecule has 0 spiro atoms. The first kappa shape index (κ1) is 10.4. The van der Waals surface area contributed by atoms with Gasteiger partial charge in [-0.05, 0) is 12.5 Å². The lowest BCUT2D eigenvalue weighted by Crippen LogP contribution is -2.31. The maximum absolute atomic E-state index is 9.27. The maximum Gasteiger partial charge on any atom is 0.136 e. The zero-order valence-corrected chi connectivity index (χ0v) is 7.14. The Morgan fingerprint density at radius 1 is 1.27 bits per heavy atom. The van der Waals surface area contributed by atoms with Gasteiger partial charge in [0.05, 0.1) is 0 Å². The van der Waals surface area contributed by atoms with Crippen LogP contribution in [-0.4, -0.2) is 5.11 Å². The number of benzene rings is 1. The second-order valence-corrected chi connectivity index (χ2v) is 2.51. The smallest absolute Gasteiger partial charge is 0.136 e. The molecule has 0 bridgehead atoms. The third-order valence-electron chi connectivity index (χ3n) is 1.36. The van der Waals surface area contributed by atoms with Crippen LogP contribution in [-0.2, 0) is 5.72 Å². The van der Waals surface area contributed by atoms with E-state index in [0.717, 1.165) is 5.56 Å². The van der Waals surface area contributed by atoms with Gasteiger partial charge >= 0.3 is 0 Å².